The lowest BCUT2D eigenvalue weighted by Gasteiger charge is -2.21. The van der Waals surface area contributed by atoms with E-state index in [4.69, 9.17) is 10.5 Å². The SMILES string of the molecule is NC(=O)c1sccc1[CH]C(=O)N1COC[C@H]1C(=O)Nc1nc(-c2ccccn2)cs1. The van der Waals surface area contributed by atoms with Gasteiger partial charge < -0.3 is 20.7 Å². The summed E-state index contributed by atoms with van der Waals surface area (Å²) >= 11 is 2.42. The van der Waals surface area contributed by atoms with Gasteiger partial charge in [0.05, 0.1) is 23.6 Å². The van der Waals surface area contributed by atoms with Crippen LogP contribution in [0, 0.1) is 6.42 Å². The first kappa shape index (κ1) is 20.1. The highest BCUT2D eigenvalue weighted by atomic mass is 32.1. The van der Waals surface area contributed by atoms with Gasteiger partial charge in [-0.2, -0.15) is 0 Å². The van der Waals surface area contributed by atoms with Gasteiger partial charge >= 0.3 is 0 Å². The van der Waals surface area contributed by atoms with Crippen LogP contribution in [0.15, 0.2) is 41.2 Å². The zero-order valence-electron chi connectivity index (χ0n) is 15.5. The van der Waals surface area contributed by atoms with E-state index >= 15 is 0 Å². The number of aromatic nitrogens is 2. The average molecular weight is 443 g/mol. The summed E-state index contributed by atoms with van der Waals surface area (Å²) in [5, 5.41) is 6.59. The molecule has 0 aromatic carbocycles. The molecule has 4 heterocycles. The van der Waals surface area contributed by atoms with Gasteiger partial charge in [0.1, 0.15) is 18.5 Å². The monoisotopic (exact) mass is 442 g/mol. The molecule has 0 aliphatic carbocycles. The van der Waals surface area contributed by atoms with Crippen molar-refractivity contribution in [3.63, 3.8) is 0 Å². The van der Waals surface area contributed by atoms with E-state index in [9.17, 15) is 14.4 Å². The van der Waals surface area contributed by atoms with Gasteiger partial charge in [-0.3, -0.25) is 19.4 Å². The standard InChI is InChI=1S/C19H16N5O4S2/c20-17(26)16-11(4-6-29-16)7-15(25)24-10-28-8-14(24)18(27)23-19-22-13(9-30-19)12-3-1-2-5-21-12/h1-7,9,14H,8,10H2,(H2,20,26)(H,22,23,27)/t14-/m0/s1. The smallest absolute Gasteiger partial charge is 0.259 e. The number of thiazole rings is 1. The molecule has 4 rings (SSSR count). The lowest BCUT2D eigenvalue weighted by molar-refractivity contribution is -0.133. The number of primary amides is 1. The van der Waals surface area contributed by atoms with E-state index in [1.807, 2.05) is 18.2 Å². The summed E-state index contributed by atoms with van der Waals surface area (Å²) in [6, 6.07) is 6.30. The van der Waals surface area contributed by atoms with Crippen LogP contribution in [0.2, 0.25) is 0 Å². The summed E-state index contributed by atoms with van der Waals surface area (Å²) in [5.41, 5.74) is 7.09. The minimum absolute atomic E-state index is 0.0273. The maximum atomic E-state index is 12.7. The minimum Gasteiger partial charge on any atom is -0.365 e. The molecule has 9 nitrogen and oxygen atoms in total. The molecule has 0 saturated carbocycles. The van der Waals surface area contributed by atoms with E-state index in [0.29, 0.717) is 22.1 Å². The number of rotatable bonds is 6. The second kappa shape index (κ2) is 8.69. The lowest BCUT2D eigenvalue weighted by Crippen LogP contribution is -2.44. The van der Waals surface area contributed by atoms with E-state index in [0.717, 1.165) is 11.3 Å². The minimum atomic E-state index is -0.813. The van der Waals surface area contributed by atoms with Crippen molar-refractivity contribution in [1.29, 1.82) is 0 Å². The van der Waals surface area contributed by atoms with Gasteiger partial charge in [-0.15, -0.1) is 22.7 Å². The zero-order chi connectivity index (χ0) is 21.1. The third kappa shape index (κ3) is 4.22. The van der Waals surface area contributed by atoms with E-state index in [1.54, 1.807) is 23.0 Å². The van der Waals surface area contributed by atoms with E-state index in [1.165, 1.54) is 22.7 Å². The normalized spacial score (nSPS) is 15.9. The fourth-order valence-electron chi connectivity index (χ4n) is 2.88. The molecule has 3 N–H and O–H groups in total. The number of hydrogen-bond donors (Lipinski definition) is 2. The number of thiophene rings is 1. The second-order valence-corrected chi connectivity index (χ2v) is 8.05. The summed E-state index contributed by atoms with van der Waals surface area (Å²) in [4.78, 5) is 47.1. The summed E-state index contributed by atoms with van der Waals surface area (Å²) in [6.45, 7) is 0.0384. The van der Waals surface area contributed by atoms with Gasteiger partial charge in [-0.05, 0) is 29.1 Å². The summed E-state index contributed by atoms with van der Waals surface area (Å²) in [7, 11) is 0. The number of hydrogen-bond acceptors (Lipinski definition) is 8. The molecular formula is C19H16N5O4S2. The fraction of sp³-hybridized carbons (Fsp3) is 0.158. The number of ether oxygens (including phenoxy) is 1. The molecule has 1 aliphatic rings. The third-order valence-corrected chi connectivity index (χ3v) is 6.03. The van der Waals surface area contributed by atoms with Gasteiger partial charge in [-0.1, -0.05) is 6.07 Å². The molecule has 3 aromatic heterocycles. The van der Waals surface area contributed by atoms with Crippen LogP contribution in [-0.2, 0) is 14.3 Å². The van der Waals surface area contributed by atoms with Crippen molar-refractivity contribution in [2.75, 3.05) is 18.7 Å². The molecule has 3 amide bonds. The van der Waals surface area contributed by atoms with Crippen molar-refractivity contribution in [2.45, 2.75) is 6.04 Å². The largest absolute Gasteiger partial charge is 0.365 e. The first-order chi connectivity index (χ1) is 14.5. The number of anilines is 1. The Hall–Kier alpha value is -3.15. The number of nitrogens with two attached hydrogens (primary N) is 1. The van der Waals surface area contributed by atoms with Crippen molar-refractivity contribution >= 4 is 45.5 Å². The van der Waals surface area contributed by atoms with Crippen molar-refractivity contribution in [1.82, 2.24) is 14.9 Å². The number of pyridine rings is 1. The van der Waals surface area contributed by atoms with Gasteiger partial charge in [0.2, 0.25) is 5.91 Å². The third-order valence-electron chi connectivity index (χ3n) is 4.33. The average Bonchev–Trinajstić information content (AvgIpc) is 3.49. The molecule has 0 bridgehead atoms. The summed E-state index contributed by atoms with van der Waals surface area (Å²) < 4.78 is 5.33. The highest BCUT2D eigenvalue weighted by Gasteiger charge is 2.36. The molecule has 1 fully saturated rings. The summed E-state index contributed by atoms with van der Waals surface area (Å²) in [5.74, 6) is -1.46. The van der Waals surface area contributed by atoms with Crippen molar-refractivity contribution in [3.05, 3.63) is 58.1 Å². The predicted molar refractivity (Wildman–Crippen MR) is 112 cm³/mol. The van der Waals surface area contributed by atoms with Crippen LogP contribution in [0.25, 0.3) is 11.4 Å². The van der Waals surface area contributed by atoms with Crippen LogP contribution < -0.4 is 11.1 Å². The molecule has 1 radical (unpaired) electrons. The highest BCUT2D eigenvalue weighted by molar-refractivity contribution is 7.14. The molecule has 1 saturated heterocycles. The number of amides is 3. The maximum absolute atomic E-state index is 12.7. The Morgan fingerprint density at radius 3 is 2.87 bits per heavy atom. The maximum Gasteiger partial charge on any atom is 0.259 e. The van der Waals surface area contributed by atoms with Crippen LogP contribution in [-0.4, -0.2) is 52.0 Å². The van der Waals surface area contributed by atoms with Crippen LogP contribution in [0.4, 0.5) is 5.13 Å². The van der Waals surface area contributed by atoms with Crippen LogP contribution >= 0.6 is 22.7 Å². The lowest BCUT2D eigenvalue weighted by atomic mass is 10.1. The first-order valence-corrected chi connectivity index (χ1v) is 10.6. The number of nitrogens with one attached hydrogen (secondary N) is 1. The van der Waals surface area contributed by atoms with Gasteiger partial charge in [-0.25, -0.2) is 4.98 Å². The highest BCUT2D eigenvalue weighted by Crippen LogP contribution is 2.25. The van der Waals surface area contributed by atoms with Crippen molar-refractivity contribution in [2.24, 2.45) is 5.73 Å². The topological polar surface area (TPSA) is 128 Å². The van der Waals surface area contributed by atoms with E-state index < -0.39 is 23.8 Å². The number of carbonyl (C=O) groups is 3. The first-order valence-electron chi connectivity index (χ1n) is 8.81. The van der Waals surface area contributed by atoms with Gasteiger partial charge in [0.25, 0.3) is 11.8 Å². The van der Waals surface area contributed by atoms with Crippen molar-refractivity contribution < 1.29 is 19.1 Å². The van der Waals surface area contributed by atoms with Crippen LogP contribution in [0.5, 0.6) is 0 Å². The molecule has 0 unspecified atom stereocenters. The van der Waals surface area contributed by atoms with Gasteiger partial charge in [0, 0.05) is 11.6 Å². The van der Waals surface area contributed by atoms with Crippen LogP contribution in [0.3, 0.4) is 0 Å². The van der Waals surface area contributed by atoms with E-state index in [-0.39, 0.29) is 18.2 Å². The van der Waals surface area contributed by atoms with Gasteiger partial charge in [0.15, 0.2) is 5.13 Å². The molecule has 30 heavy (non-hydrogen) atoms. The van der Waals surface area contributed by atoms with Crippen molar-refractivity contribution in [3.8, 4) is 11.4 Å². The fourth-order valence-corrected chi connectivity index (χ4v) is 4.32. The number of nitrogens with zero attached hydrogens (tertiary/aromatic N) is 3. The molecule has 1 atom stereocenters. The van der Waals surface area contributed by atoms with E-state index in [2.05, 4.69) is 15.3 Å². The molecule has 11 heteroatoms. The molecular weight excluding hydrogens is 426 g/mol. The Labute approximate surface area is 179 Å². The second-order valence-electron chi connectivity index (χ2n) is 6.28. The molecule has 153 valence electrons. The quantitative estimate of drug-likeness (QED) is 0.599. The molecule has 0 spiro atoms. The Morgan fingerprint density at radius 2 is 2.10 bits per heavy atom. The number of carbonyl (C=O) groups excluding carboxylic acids is 3. The molecule has 1 aliphatic heterocycles. The Morgan fingerprint density at radius 1 is 1.23 bits per heavy atom. The molecule has 3 aromatic rings. The Kier molecular flexibility index (Phi) is 5.84. The zero-order valence-corrected chi connectivity index (χ0v) is 17.1. The predicted octanol–water partition coefficient (Wildman–Crippen LogP) is 1.74. The van der Waals surface area contributed by atoms with Crippen LogP contribution in [0.1, 0.15) is 15.2 Å². The summed E-state index contributed by atoms with van der Waals surface area (Å²) in [6.07, 6.45) is 2.95. The Balaban J connectivity index is 1.42. The Bertz CT molecular complexity index is 1080.